The van der Waals surface area contributed by atoms with E-state index in [4.69, 9.17) is 4.74 Å². The van der Waals surface area contributed by atoms with Crippen molar-refractivity contribution in [2.45, 2.75) is 25.8 Å². The second-order valence-electron chi connectivity index (χ2n) is 6.45. The van der Waals surface area contributed by atoms with Crippen LogP contribution >= 0.6 is 12.4 Å². The summed E-state index contributed by atoms with van der Waals surface area (Å²) in [5.74, 6) is 1.06. The number of halogens is 1. The molecule has 128 valence electrons. The predicted molar refractivity (Wildman–Crippen MR) is 93.6 cm³/mol. The molecule has 1 aromatic rings. The molecule has 0 aliphatic carbocycles. The molecule has 3 rings (SSSR count). The molecule has 5 heteroatoms. The van der Waals surface area contributed by atoms with Gasteiger partial charge in [-0.1, -0.05) is 30.3 Å². The van der Waals surface area contributed by atoms with Gasteiger partial charge in [0.1, 0.15) is 0 Å². The lowest BCUT2D eigenvalue weighted by molar-refractivity contribution is -0.136. The lowest BCUT2D eigenvalue weighted by Gasteiger charge is -2.31. The zero-order valence-corrected chi connectivity index (χ0v) is 14.4. The molecule has 0 bridgehead atoms. The van der Waals surface area contributed by atoms with Crippen LogP contribution in [0.5, 0.6) is 0 Å². The molecule has 2 heterocycles. The van der Waals surface area contributed by atoms with E-state index < -0.39 is 0 Å². The van der Waals surface area contributed by atoms with Crippen molar-refractivity contribution in [2.75, 3.05) is 32.8 Å². The van der Waals surface area contributed by atoms with Crippen molar-refractivity contribution in [3.05, 3.63) is 35.9 Å². The summed E-state index contributed by atoms with van der Waals surface area (Å²) in [6, 6.07) is 10.3. The third-order valence-electron chi connectivity index (χ3n) is 4.76. The van der Waals surface area contributed by atoms with E-state index in [1.807, 2.05) is 18.2 Å². The molecule has 0 radical (unpaired) electrons. The predicted octanol–water partition coefficient (Wildman–Crippen LogP) is 2.47. The highest BCUT2D eigenvalue weighted by atomic mass is 35.5. The van der Waals surface area contributed by atoms with Crippen LogP contribution < -0.4 is 5.32 Å². The molecule has 2 aliphatic heterocycles. The Morgan fingerprint density at radius 1 is 1.17 bits per heavy atom. The van der Waals surface area contributed by atoms with E-state index in [-0.39, 0.29) is 18.3 Å². The summed E-state index contributed by atoms with van der Waals surface area (Å²) in [7, 11) is 0. The highest BCUT2D eigenvalue weighted by molar-refractivity contribution is 5.85. The Morgan fingerprint density at radius 3 is 2.57 bits per heavy atom. The minimum Gasteiger partial charge on any atom is -0.381 e. The van der Waals surface area contributed by atoms with Gasteiger partial charge >= 0.3 is 0 Å². The SMILES string of the molecule is Cl.O=C(C1CCNC1)N(Cc1ccccc1)CC1CCOCC1. The third-order valence-corrected chi connectivity index (χ3v) is 4.76. The maximum atomic E-state index is 12.9. The topological polar surface area (TPSA) is 41.6 Å². The smallest absolute Gasteiger partial charge is 0.227 e. The standard InChI is InChI=1S/C18H26N2O2.ClH/c21-18(17-6-9-19-12-17)20(13-15-4-2-1-3-5-15)14-16-7-10-22-11-8-16;/h1-5,16-17,19H,6-14H2;1H. The summed E-state index contributed by atoms with van der Waals surface area (Å²) in [5.41, 5.74) is 1.22. The van der Waals surface area contributed by atoms with E-state index in [1.165, 1.54) is 5.56 Å². The van der Waals surface area contributed by atoms with E-state index >= 15 is 0 Å². The summed E-state index contributed by atoms with van der Waals surface area (Å²) in [6.07, 6.45) is 3.11. The molecule has 1 N–H and O–H groups in total. The quantitative estimate of drug-likeness (QED) is 0.896. The molecule has 1 unspecified atom stereocenters. The Morgan fingerprint density at radius 2 is 1.91 bits per heavy atom. The Balaban J connectivity index is 0.00000192. The first-order valence-electron chi connectivity index (χ1n) is 8.44. The monoisotopic (exact) mass is 338 g/mol. The Bertz CT molecular complexity index is 471. The summed E-state index contributed by atoms with van der Waals surface area (Å²) >= 11 is 0. The normalized spacial score (nSPS) is 21.7. The molecule has 1 atom stereocenters. The van der Waals surface area contributed by atoms with Gasteiger partial charge in [0.05, 0.1) is 5.92 Å². The van der Waals surface area contributed by atoms with Crippen LogP contribution in [0.3, 0.4) is 0 Å². The van der Waals surface area contributed by atoms with Gasteiger partial charge in [-0.3, -0.25) is 4.79 Å². The second kappa shape index (κ2) is 9.26. The molecular weight excluding hydrogens is 312 g/mol. The van der Waals surface area contributed by atoms with Crippen molar-refractivity contribution in [1.29, 1.82) is 0 Å². The first kappa shape index (κ1) is 18.2. The van der Waals surface area contributed by atoms with Crippen LogP contribution in [0.1, 0.15) is 24.8 Å². The maximum absolute atomic E-state index is 12.9. The van der Waals surface area contributed by atoms with Gasteiger partial charge in [-0.05, 0) is 37.3 Å². The number of hydrogen-bond acceptors (Lipinski definition) is 3. The van der Waals surface area contributed by atoms with Crippen LogP contribution in [-0.4, -0.2) is 43.7 Å². The second-order valence-corrected chi connectivity index (χ2v) is 6.45. The molecule has 0 spiro atoms. The molecule has 0 saturated carbocycles. The molecular formula is C18H27ClN2O2. The molecule has 2 saturated heterocycles. The van der Waals surface area contributed by atoms with Crippen molar-refractivity contribution in [2.24, 2.45) is 11.8 Å². The molecule has 1 amide bonds. The molecule has 4 nitrogen and oxygen atoms in total. The highest BCUT2D eigenvalue weighted by Gasteiger charge is 2.29. The molecule has 2 aliphatic rings. The Hall–Kier alpha value is -1.10. The van der Waals surface area contributed by atoms with Crippen molar-refractivity contribution in [1.82, 2.24) is 10.2 Å². The lowest BCUT2D eigenvalue weighted by Crippen LogP contribution is -2.40. The van der Waals surface area contributed by atoms with E-state index in [9.17, 15) is 4.79 Å². The minimum absolute atomic E-state index is 0. The summed E-state index contributed by atoms with van der Waals surface area (Å²) in [5, 5.41) is 3.31. The van der Waals surface area contributed by atoms with Crippen LogP contribution in [-0.2, 0) is 16.1 Å². The third kappa shape index (κ3) is 5.20. The fraction of sp³-hybridized carbons (Fsp3) is 0.611. The van der Waals surface area contributed by atoms with Crippen molar-refractivity contribution >= 4 is 18.3 Å². The van der Waals surface area contributed by atoms with Crippen LogP contribution in [0.25, 0.3) is 0 Å². The summed E-state index contributed by atoms with van der Waals surface area (Å²) < 4.78 is 5.45. The summed E-state index contributed by atoms with van der Waals surface area (Å²) in [6.45, 7) is 5.07. The zero-order valence-electron chi connectivity index (χ0n) is 13.6. The molecule has 1 aromatic carbocycles. The van der Waals surface area contributed by atoms with Gasteiger partial charge in [-0.15, -0.1) is 12.4 Å². The number of nitrogens with zero attached hydrogens (tertiary/aromatic N) is 1. The number of benzene rings is 1. The number of carbonyl (C=O) groups excluding carboxylic acids is 1. The van der Waals surface area contributed by atoms with E-state index in [1.54, 1.807) is 0 Å². The average Bonchev–Trinajstić information content (AvgIpc) is 3.10. The first-order chi connectivity index (χ1) is 10.8. The van der Waals surface area contributed by atoms with E-state index in [2.05, 4.69) is 22.3 Å². The molecule has 0 aromatic heterocycles. The zero-order chi connectivity index (χ0) is 15.2. The number of carbonyl (C=O) groups is 1. The van der Waals surface area contributed by atoms with Crippen molar-refractivity contribution in [3.63, 3.8) is 0 Å². The summed E-state index contributed by atoms with van der Waals surface area (Å²) in [4.78, 5) is 15.0. The Kier molecular flexibility index (Phi) is 7.34. The largest absolute Gasteiger partial charge is 0.381 e. The van der Waals surface area contributed by atoms with Gasteiger partial charge in [0.25, 0.3) is 0 Å². The number of ether oxygens (including phenoxy) is 1. The maximum Gasteiger partial charge on any atom is 0.227 e. The van der Waals surface area contributed by atoms with Gasteiger partial charge in [-0.25, -0.2) is 0 Å². The van der Waals surface area contributed by atoms with E-state index in [0.717, 1.165) is 58.7 Å². The average molecular weight is 339 g/mol. The van der Waals surface area contributed by atoms with Crippen LogP contribution in [0.15, 0.2) is 30.3 Å². The number of hydrogen-bond donors (Lipinski definition) is 1. The van der Waals surface area contributed by atoms with Gasteiger partial charge in [0, 0.05) is 32.8 Å². The first-order valence-corrected chi connectivity index (χ1v) is 8.44. The van der Waals surface area contributed by atoms with Crippen molar-refractivity contribution < 1.29 is 9.53 Å². The highest BCUT2D eigenvalue weighted by Crippen LogP contribution is 2.21. The van der Waals surface area contributed by atoms with Crippen molar-refractivity contribution in [3.8, 4) is 0 Å². The minimum atomic E-state index is 0. The van der Waals surface area contributed by atoms with Gasteiger partial charge in [0.15, 0.2) is 0 Å². The van der Waals surface area contributed by atoms with Gasteiger partial charge in [-0.2, -0.15) is 0 Å². The van der Waals surface area contributed by atoms with Crippen LogP contribution in [0.4, 0.5) is 0 Å². The number of amides is 1. The lowest BCUT2D eigenvalue weighted by atomic mass is 9.98. The number of nitrogens with one attached hydrogen (secondary N) is 1. The molecule has 2 fully saturated rings. The van der Waals surface area contributed by atoms with E-state index in [0.29, 0.717) is 11.8 Å². The van der Waals surface area contributed by atoms with Gasteiger partial charge in [0.2, 0.25) is 5.91 Å². The fourth-order valence-corrected chi connectivity index (χ4v) is 3.40. The fourth-order valence-electron chi connectivity index (χ4n) is 3.40. The Labute approximate surface area is 145 Å². The molecule has 23 heavy (non-hydrogen) atoms. The van der Waals surface area contributed by atoms with Crippen LogP contribution in [0.2, 0.25) is 0 Å². The number of rotatable bonds is 5. The van der Waals surface area contributed by atoms with Gasteiger partial charge < -0.3 is 15.0 Å². The van der Waals surface area contributed by atoms with Crippen LogP contribution in [0, 0.1) is 11.8 Å².